The average Bonchev–Trinajstić information content (AvgIpc) is 2.03. The molecule has 0 N–H and O–H groups in total. The van der Waals surface area contributed by atoms with Crippen molar-refractivity contribution < 1.29 is 4.79 Å². The lowest BCUT2D eigenvalue weighted by Crippen LogP contribution is -2.23. The summed E-state index contributed by atoms with van der Waals surface area (Å²) in [6.07, 6.45) is 1.73. The molecule has 11 heavy (non-hydrogen) atoms. The van der Waals surface area contributed by atoms with Gasteiger partial charge in [-0.1, -0.05) is 13.8 Å². The molecule has 1 aliphatic heterocycles. The Hall–Kier alpha value is -0.370. The van der Waals surface area contributed by atoms with Gasteiger partial charge in [-0.3, -0.25) is 4.79 Å². The van der Waals surface area contributed by atoms with E-state index in [4.69, 9.17) is 0 Å². The van der Waals surface area contributed by atoms with Gasteiger partial charge in [0.05, 0.1) is 0 Å². The summed E-state index contributed by atoms with van der Waals surface area (Å²) < 4.78 is 0. The van der Waals surface area contributed by atoms with E-state index in [0.717, 1.165) is 25.9 Å². The van der Waals surface area contributed by atoms with Crippen LogP contribution in [0.5, 0.6) is 0 Å². The summed E-state index contributed by atoms with van der Waals surface area (Å²) in [5.41, 5.74) is -0.0786. The molecule has 0 radical (unpaired) electrons. The maximum atomic E-state index is 11.5. The van der Waals surface area contributed by atoms with E-state index in [1.807, 2.05) is 0 Å². The molecule has 0 aromatic rings. The van der Waals surface area contributed by atoms with Crippen molar-refractivity contribution in [1.29, 1.82) is 0 Å². The van der Waals surface area contributed by atoms with Crippen molar-refractivity contribution in [2.75, 3.05) is 20.1 Å². The fourth-order valence-electron chi connectivity index (χ4n) is 1.35. The van der Waals surface area contributed by atoms with Gasteiger partial charge in [0.15, 0.2) is 0 Å². The summed E-state index contributed by atoms with van der Waals surface area (Å²) in [7, 11) is 2.08. The molecule has 2 heteroatoms. The molecule has 0 aromatic heterocycles. The van der Waals surface area contributed by atoms with E-state index < -0.39 is 0 Å². The minimum atomic E-state index is -0.0786. The molecule has 1 saturated heterocycles. The quantitative estimate of drug-likeness (QED) is 0.525. The van der Waals surface area contributed by atoms with E-state index in [0.29, 0.717) is 5.78 Å². The predicted molar refractivity (Wildman–Crippen MR) is 45.5 cm³/mol. The van der Waals surface area contributed by atoms with E-state index in [-0.39, 0.29) is 5.41 Å². The maximum absolute atomic E-state index is 11.5. The minimum Gasteiger partial charge on any atom is -0.306 e. The Bertz CT molecular complexity index is 163. The topological polar surface area (TPSA) is 20.3 Å². The number of rotatable bonds is 0. The highest BCUT2D eigenvalue weighted by Crippen LogP contribution is 2.25. The van der Waals surface area contributed by atoms with Crippen LogP contribution in [-0.2, 0) is 4.79 Å². The van der Waals surface area contributed by atoms with E-state index in [1.165, 1.54) is 0 Å². The molecular formula is C9H17NO. The molecule has 1 heterocycles. The van der Waals surface area contributed by atoms with Gasteiger partial charge in [0.1, 0.15) is 5.78 Å². The van der Waals surface area contributed by atoms with Crippen LogP contribution in [0.4, 0.5) is 0 Å². The number of ketones is 1. The van der Waals surface area contributed by atoms with Gasteiger partial charge in [-0.25, -0.2) is 0 Å². The first-order valence-electron chi connectivity index (χ1n) is 4.24. The SMILES string of the molecule is CN1CCC(=O)C(C)(C)CC1. The third-order valence-corrected chi connectivity index (χ3v) is 2.59. The number of hydrogen-bond donors (Lipinski definition) is 0. The Morgan fingerprint density at radius 1 is 1.36 bits per heavy atom. The normalized spacial score (nSPS) is 26.6. The van der Waals surface area contributed by atoms with E-state index in [2.05, 4.69) is 25.8 Å². The lowest BCUT2D eigenvalue weighted by atomic mass is 9.84. The van der Waals surface area contributed by atoms with Crippen molar-refractivity contribution >= 4 is 5.78 Å². The first kappa shape index (κ1) is 8.72. The monoisotopic (exact) mass is 155 g/mol. The molecule has 0 spiro atoms. The summed E-state index contributed by atoms with van der Waals surface area (Å²) in [5, 5.41) is 0. The smallest absolute Gasteiger partial charge is 0.139 e. The highest BCUT2D eigenvalue weighted by Gasteiger charge is 2.29. The van der Waals surface area contributed by atoms with Gasteiger partial charge in [-0.15, -0.1) is 0 Å². The van der Waals surface area contributed by atoms with Crippen LogP contribution >= 0.6 is 0 Å². The summed E-state index contributed by atoms with van der Waals surface area (Å²) in [5.74, 6) is 0.418. The fraction of sp³-hybridized carbons (Fsp3) is 0.889. The van der Waals surface area contributed by atoms with Gasteiger partial charge < -0.3 is 4.90 Å². The van der Waals surface area contributed by atoms with Gasteiger partial charge in [0.25, 0.3) is 0 Å². The summed E-state index contributed by atoms with van der Waals surface area (Å²) >= 11 is 0. The Labute approximate surface area is 68.6 Å². The zero-order valence-corrected chi connectivity index (χ0v) is 7.68. The van der Waals surface area contributed by atoms with Crippen LogP contribution in [0.2, 0.25) is 0 Å². The molecular weight excluding hydrogens is 138 g/mol. The number of likely N-dealkylation sites (tertiary alicyclic amines) is 1. The van der Waals surface area contributed by atoms with E-state index in [9.17, 15) is 4.79 Å². The van der Waals surface area contributed by atoms with Crippen LogP contribution in [-0.4, -0.2) is 30.8 Å². The number of carbonyl (C=O) groups is 1. The number of nitrogens with zero attached hydrogens (tertiary/aromatic N) is 1. The van der Waals surface area contributed by atoms with Gasteiger partial charge >= 0.3 is 0 Å². The van der Waals surface area contributed by atoms with Gasteiger partial charge in [-0.2, -0.15) is 0 Å². The van der Waals surface area contributed by atoms with E-state index in [1.54, 1.807) is 0 Å². The van der Waals surface area contributed by atoms with Crippen LogP contribution in [0, 0.1) is 5.41 Å². The second kappa shape index (κ2) is 2.94. The molecule has 0 aliphatic carbocycles. The van der Waals surface area contributed by atoms with Crippen molar-refractivity contribution in [3.05, 3.63) is 0 Å². The molecule has 0 bridgehead atoms. The highest BCUT2D eigenvalue weighted by atomic mass is 16.1. The molecule has 64 valence electrons. The fourth-order valence-corrected chi connectivity index (χ4v) is 1.35. The van der Waals surface area contributed by atoms with Gasteiger partial charge in [0.2, 0.25) is 0 Å². The van der Waals surface area contributed by atoms with Crippen LogP contribution in [0.25, 0.3) is 0 Å². The third-order valence-electron chi connectivity index (χ3n) is 2.59. The van der Waals surface area contributed by atoms with Crippen molar-refractivity contribution in [3.8, 4) is 0 Å². The molecule has 2 nitrogen and oxygen atoms in total. The number of Topliss-reactive ketones (excluding diaryl/α,β-unsaturated/α-hetero) is 1. The summed E-state index contributed by atoms with van der Waals surface area (Å²) in [6.45, 7) is 6.09. The van der Waals surface area contributed by atoms with Crippen LogP contribution in [0.1, 0.15) is 26.7 Å². The van der Waals surface area contributed by atoms with Crippen molar-refractivity contribution in [3.63, 3.8) is 0 Å². The standard InChI is InChI=1S/C9H17NO/c1-9(2)5-7-10(3)6-4-8(9)11/h4-7H2,1-3H3. The Morgan fingerprint density at radius 2 is 2.00 bits per heavy atom. The number of carbonyl (C=O) groups excluding carboxylic acids is 1. The summed E-state index contributed by atoms with van der Waals surface area (Å²) in [6, 6.07) is 0. The Kier molecular flexibility index (Phi) is 2.33. The Morgan fingerprint density at radius 3 is 2.64 bits per heavy atom. The lowest BCUT2D eigenvalue weighted by molar-refractivity contribution is -0.126. The molecule has 1 rings (SSSR count). The van der Waals surface area contributed by atoms with E-state index >= 15 is 0 Å². The molecule has 1 fully saturated rings. The largest absolute Gasteiger partial charge is 0.306 e. The molecule has 0 atom stereocenters. The van der Waals surface area contributed by atoms with Gasteiger partial charge in [0, 0.05) is 18.4 Å². The Balaban J connectivity index is 2.63. The second-order valence-corrected chi connectivity index (χ2v) is 4.11. The highest BCUT2D eigenvalue weighted by molar-refractivity contribution is 5.84. The molecule has 0 saturated carbocycles. The average molecular weight is 155 g/mol. The van der Waals surface area contributed by atoms with Crippen molar-refractivity contribution in [1.82, 2.24) is 4.90 Å². The maximum Gasteiger partial charge on any atom is 0.139 e. The third kappa shape index (κ3) is 2.03. The van der Waals surface area contributed by atoms with Crippen LogP contribution in [0.3, 0.4) is 0 Å². The zero-order chi connectivity index (χ0) is 8.48. The first-order valence-corrected chi connectivity index (χ1v) is 4.24. The van der Waals surface area contributed by atoms with Crippen molar-refractivity contribution in [2.45, 2.75) is 26.7 Å². The molecule has 1 aliphatic rings. The second-order valence-electron chi connectivity index (χ2n) is 4.11. The zero-order valence-electron chi connectivity index (χ0n) is 7.68. The molecule has 0 amide bonds. The van der Waals surface area contributed by atoms with Crippen LogP contribution < -0.4 is 0 Å². The van der Waals surface area contributed by atoms with Crippen molar-refractivity contribution in [2.24, 2.45) is 5.41 Å². The number of hydrogen-bond acceptors (Lipinski definition) is 2. The van der Waals surface area contributed by atoms with Crippen LogP contribution in [0.15, 0.2) is 0 Å². The minimum absolute atomic E-state index is 0.0786. The molecule has 0 unspecified atom stereocenters. The first-order chi connectivity index (χ1) is 5.02. The predicted octanol–water partition coefficient (Wildman–Crippen LogP) is 1.31. The lowest BCUT2D eigenvalue weighted by Gasteiger charge is -2.19. The van der Waals surface area contributed by atoms with Gasteiger partial charge in [-0.05, 0) is 20.0 Å². The summed E-state index contributed by atoms with van der Waals surface area (Å²) in [4.78, 5) is 13.7. The molecule has 0 aromatic carbocycles.